The summed E-state index contributed by atoms with van der Waals surface area (Å²) < 4.78 is 34.3. The summed E-state index contributed by atoms with van der Waals surface area (Å²) in [5.41, 5.74) is -0.00110. The van der Waals surface area contributed by atoms with Crippen molar-refractivity contribution in [3.8, 4) is 5.88 Å². The Balaban J connectivity index is 1.89. The molecule has 0 amide bonds. The monoisotopic (exact) mass is 448 g/mol. The van der Waals surface area contributed by atoms with Crippen LogP contribution in [0.2, 0.25) is 0 Å². The van der Waals surface area contributed by atoms with Gasteiger partial charge in [0.25, 0.3) is 0 Å². The van der Waals surface area contributed by atoms with Crippen LogP contribution in [0.25, 0.3) is 10.8 Å². The molecule has 7 heteroatoms. The number of nitrogens with zero attached hydrogens (tertiary/aromatic N) is 2. The Morgan fingerprint density at radius 3 is 2.22 bits per heavy atom. The van der Waals surface area contributed by atoms with Gasteiger partial charge in [-0.3, -0.25) is 0 Å². The quantitative estimate of drug-likeness (QED) is 0.403. The predicted molar refractivity (Wildman–Crippen MR) is 123 cm³/mol. The summed E-state index contributed by atoms with van der Waals surface area (Å²) in [4.78, 5) is 13.3. The Kier molecular flexibility index (Phi) is 5.38. The second-order valence-electron chi connectivity index (χ2n) is 8.54. The van der Waals surface area contributed by atoms with Gasteiger partial charge in [-0.1, -0.05) is 54.6 Å². The molecule has 0 saturated heterocycles. The van der Waals surface area contributed by atoms with Gasteiger partial charge in [0, 0.05) is 0 Å². The summed E-state index contributed by atoms with van der Waals surface area (Å²) in [7, 11) is -3.97. The molecule has 6 nitrogen and oxygen atoms in total. The summed E-state index contributed by atoms with van der Waals surface area (Å²) >= 11 is 0. The molecule has 0 aliphatic rings. The summed E-state index contributed by atoms with van der Waals surface area (Å²) in [6.07, 6.45) is 0. The zero-order chi connectivity index (χ0) is 23.1. The Hall–Kier alpha value is -3.45. The van der Waals surface area contributed by atoms with Gasteiger partial charge in [-0.2, -0.15) is 5.10 Å². The molecule has 32 heavy (non-hydrogen) atoms. The van der Waals surface area contributed by atoms with Crippen LogP contribution in [-0.2, 0) is 15.4 Å². The lowest BCUT2D eigenvalue weighted by atomic mass is 10.1. The molecule has 4 aromatic rings. The third-order valence-corrected chi connectivity index (χ3v) is 7.02. The molecule has 0 atom stereocenters. The van der Waals surface area contributed by atoms with Crippen LogP contribution in [0.1, 0.15) is 36.8 Å². The highest BCUT2D eigenvalue weighted by Crippen LogP contribution is 2.36. The maximum Gasteiger partial charge on any atom is 0.345 e. The molecule has 3 aromatic carbocycles. The van der Waals surface area contributed by atoms with Crippen molar-refractivity contribution < 1.29 is 17.9 Å². The standard InChI is InChI=1S/C25H24N2O4S/c1-17-22(32(29,30)19-13-6-5-7-14-19)23(27(26-17)25(2,3)4)31-24(28)21-16-10-12-18-11-8-9-15-20(18)21/h5-16H,1-4H3. The van der Waals surface area contributed by atoms with Crippen LogP contribution in [0.5, 0.6) is 5.88 Å². The zero-order valence-corrected chi connectivity index (χ0v) is 19.2. The number of aromatic nitrogens is 2. The lowest BCUT2D eigenvalue weighted by Crippen LogP contribution is -2.26. The summed E-state index contributed by atoms with van der Waals surface area (Å²) in [6, 6.07) is 20.9. The van der Waals surface area contributed by atoms with E-state index in [0.29, 0.717) is 5.56 Å². The predicted octanol–water partition coefficient (Wildman–Crippen LogP) is 5.15. The number of esters is 1. The van der Waals surface area contributed by atoms with Crippen molar-refractivity contribution in [3.63, 3.8) is 0 Å². The molecule has 0 aliphatic carbocycles. The third kappa shape index (κ3) is 3.80. The summed E-state index contributed by atoms with van der Waals surface area (Å²) in [6.45, 7) is 7.21. The van der Waals surface area contributed by atoms with Crippen LogP contribution in [0.3, 0.4) is 0 Å². The minimum Gasteiger partial charge on any atom is -0.403 e. The Labute approximate surface area is 187 Å². The fourth-order valence-electron chi connectivity index (χ4n) is 3.61. The molecule has 0 bridgehead atoms. The van der Waals surface area contributed by atoms with E-state index in [9.17, 15) is 13.2 Å². The lowest BCUT2D eigenvalue weighted by molar-refractivity contribution is 0.0706. The second-order valence-corrected chi connectivity index (χ2v) is 10.4. The minimum absolute atomic E-state index is 0.0863. The first-order valence-corrected chi connectivity index (χ1v) is 11.7. The number of hydrogen-bond acceptors (Lipinski definition) is 5. The van der Waals surface area contributed by atoms with Crippen molar-refractivity contribution in [2.75, 3.05) is 0 Å². The SMILES string of the molecule is Cc1nn(C(C)(C)C)c(OC(=O)c2cccc3ccccc23)c1S(=O)(=O)c1ccccc1. The van der Waals surface area contributed by atoms with Crippen LogP contribution in [-0.4, -0.2) is 24.2 Å². The first-order valence-electron chi connectivity index (χ1n) is 10.2. The molecule has 4 rings (SSSR count). The maximum absolute atomic E-state index is 13.5. The van der Waals surface area contributed by atoms with Gasteiger partial charge in [-0.15, -0.1) is 0 Å². The smallest absolute Gasteiger partial charge is 0.345 e. The minimum atomic E-state index is -3.97. The largest absolute Gasteiger partial charge is 0.403 e. The number of rotatable bonds is 4. The van der Waals surface area contributed by atoms with E-state index in [-0.39, 0.29) is 21.4 Å². The molecule has 0 fully saturated rings. The zero-order valence-electron chi connectivity index (χ0n) is 18.4. The lowest BCUT2D eigenvalue weighted by Gasteiger charge is -2.22. The van der Waals surface area contributed by atoms with Crippen LogP contribution >= 0.6 is 0 Å². The van der Waals surface area contributed by atoms with Gasteiger partial charge in [0.2, 0.25) is 15.7 Å². The molecule has 1 aromatic heterocycles. The van der Waals surface area contributed by atoms with Crippen LogP contribution in [0.15, 0.2) is 82.6 Å². The number of carbonyl (C=O) groups excluding carboxylic acids is 1. The van der Waals surface area contributed by atoms with Gasteiger partial charge in [0.05, 0.1) is 21.7 Å². The average Bonchev–Trinajstić information content (AvgIpc) is 3.10. The van der Waals surface area contributed by atoms with Crippen molar-refractivity contribution in [1.29, 1.82) is 0 Å². The molecule has 0 unspecified atom stereocenters. The number of fused-ring (bicyclic) bond motifs is 1. The van der Waals surface area contributed by atoms with Gasteiger partial charge in [0.1, 0.15) is 0 Å². The molecule has 164 valence electrons. The highest BCUT2D eigenvalue weighted by atomic mass is 32.2. The number of aryl methyl sites for hydroxylation is 1. The molecule has 0 radical (unpaired) electrons. The Morgan fingerprint density at radius 2 is 1.53 bits per heavy atom. The topological polar surface area (TPSA) is 78.3 Å². The van der Waals surface area contributed by atoms with Crippen molar-refractivity contribution in [3.05, 3.63) is 84.1 Å². The van der Waals surface area contributed by atoms with E-state index in [1.54, 1.807) is 37.3 Å². The van der Waals surface area contributed by atoms with E-state index in [4.69, 9.17) is 4.74 Å². The highest BCUT2D eigenvalue weighted by molar-refractivity contribution is 7.91. The normalized spacial score (nSPS) is 12.1. The van der Waals surface area contributed by atoms with E-state index in [1.165, 1.54) is 16.8 Å². The molecule has 0 aliphatic heterocycles. The number of sulfone groups is 1. The molecular weight excluding hydrogens is 424 g/mol. The number of hydrogen-bond donors (Lipinski definition) is 0. The molecule has 0 N–H and O–H groups in total. The molecule has 0 saturated carbocycles. The van der Waals surface area contributed by atoms with Crippen molar-refractivity contribution in [2.24, 2.45) is 0 Å². The molecule has 1 heterocycles. The highest BCUT2D eigenvalue weighted by Gasteiger charge is 2.34. The van der Waals surface area contributed by atoms with Gasteiger partial charge < -0.3 is 4.74 Å². The average molecular weight is 449 g/mol. The fraction of sp³-hybridized carbons (Fsp3) is 0.200. The molecular formula is C25H24N2O4S. The first-order chi connectivity index (χ1) is 15.1. The number of benzene rings is 3. The van der Waals surface area contributed by atoms with Gasteiger partial charge in [-0.05, 0) is 56.7 Å². The van der Waals surface area contributed by atoms with E-state index >= 15 is 0 Å². The van der Waals surface area contributed by atoms with E-state index < -0.39 is 21.3 Å². The van der Waals surface area contributed by atoms with Gasteiger partial charge >= 0.3 is 5.97 Å². The summed E-state index contributed by atoms with van der Waals surface area (Å²) in [5.74, 6) is -0.728. The van der Waals surface area contributed by atoms with Crippen molar-refractivity contribution in [2.45, 2.75) is 43.0 Å². The van der Waals surface area contributed by atoms with Gasteiger partial charge in [0.15, 0.2) is 4.90 Å². The van der Waals surface area contributed by atoms with Crippen LogP contribution < -0.4 is 4.74 Å². The Bertz CT molecular complexity index is 1410. The van der Waals surface area contributed by atoms with E-state index in [2.05, 4.69) is 5.10 Å². The van der Waals surface area contributed by atoms with Crippen LogP contribution in [0, 0.1) is 6.92 Å². The molecule has 0 spiro atoms. The number of carbonyl (C=O) groups is 1. The van der Waals surface area contributed by atoms with Crippen molar-refractivity contribution in [1.82, 2.24) is 9.78 Å². The third-order valence-electron chi connectivity index (χ3n) is 5.12. The maximum atomic E-state index is 13.5. The fourth-order valence-corrected chi connectivity index (χ4v) is 5.15. The van der Waals surface area contributed by atoms with E-state index in [0.717, 1.165) is 10.8 Å². The second kappa shape index (κ2) is 7.91. The Morgan fingerprint density at radius 1 is 0.906 bits per heavy atom. The number of ether oxygens (including phenoxy) is 1. The van der Waals surface area contributed by atoms with Crippen LogP contribution in [0.4, 0.5) is 0 Å². The van der Waals surface area contributed by atoms with Gasteiger partial charge in [-0.25, -0.2) is 17.9 Å². The first kappa shape index (κ1) is 21.8. The van der Waals surface area contributed by atoms with Crippen molar-refractivity contribution >= 4 is 26.6 Å². The van der Waals surface area contributed by atoms with E-state index in [1.807, 2.05) is 51.1 Å². The summed E-state index contributed by atoms with van der Waals surface area (Å²) in [5, 5.41) is 6.06.